The van der Waals surface area contributed by atoms with E-state index in [-0.39, 0.29) is 11.7 Å². The van der Waals surface area contributed by atoms with Crippen LogP contribution in [0.1, 0.15) is 41.6 Å². The first kappa shape index (κ1) is 20.3. The van der Waals surface area contributed by atoms with Gasteiger partial charge in [0.15, 0.2) is 5.78 Å². The van der Waals surface area contributed by atoms with Crippen molar-refractivity contribution in [2.75, 3.05) is 13.2 Å². The maximum absolute atomic E-state index is 11.6. The van der Waals surface area contributed by atoms with Crippen LogP contribution in [0, 0.1) is 0 Å². The van der Waals surface area contributed by atoms with E-state index in [2.05, 4.69) is 5.32 Å². The van der Waals surface area contributed by atoms with Crippen molar-refractivity contribution in [1.29, 1.82) is 0 Å². The van der Waals surface area contributed by atoms with Crippen LogP contribution < -0.4 is 11.1 Å². The zero-order chi connectivity index (χ0) is 18.5. The van der Waals surface area contributed by atoms with Gasteiger partial charge < -0.3 is 16.2 Å². The highest BCUT2D eigenvalue weighted by molar-refractivity contribution is 5.93. The van der Waals surface area contributed by atoms with E-state index in [4.69, 9.17) is 10.8 Å². The molecule has 0 bridgehead atoms. The molecule has 4 N–H and O–H groups in total. The number of nitrogens with one attached hydrogen (secondary N) is 1. The zero-order valence-corrected chi connectivity index (χ0v) is 14.1. The number of rotatable bonds is 11. The van der Waals surface area contributed by atoms with Crippen molar-refractivity contribution in [3.63, 3.8) is 0 Å². The van der Waals surface area contributed by atoms with Gasteiger partial charge in [-0.1, -0.05) is 36.8 Å². The fourth-order valence-electron chi connectivity index (χ4n) is 2.04. The minimum absolute atomic E-state index is 0.150. The lowest BCUT2D eigenvalue weighted by molar-refractivity contribution is -0.122. The summed E-state index contributed by atoms with van der Waals surface area (Å²) in [5.41, 5.74) is 6.52. The maximum atomic E-state index is 11.6. The molecule has 0 atom stereocenters. The number of Topliss-reactive ketones (excluding diaryl/α,β-unsaturated/α-hetero) is 1. The number of primary amides is 1. The molecule has 0 aliphatic heterocycles. The van der Waals surface area contributed by atoms with Gasteiger partial charge in [-0.05, 0) is 30.5 Å². The number of hydrogen-bond acceptors (Lipinski definition) is 4. The summed E-state index contributed by atoms with van der Waals surface area (Å²) in [6, 6.07) is 6.83. The van der Waals surface area contributed by atoms with E-state index in [1.54, 1.807) is 36.4 Å². The number of nitrogens with two attached hydrogens (primary N) is 1. The van der Waals surface area contributed by atoms with Crippen LogP contribution in [0.3, 0.4) is 0 Å². The number of allylic oxidation sites excluding steroid dienone is 2. The van der Waals surface area contributed by atoms with Gasteiger partial charge in [0.25, 0.3) is 0 Å². The molecular formula is C19H24N2O4. The summed E-state index contributed by atoms with van der Waals surface area (Å²) < 4.78 is 0. The second-order valence-electron chi connectivity index (χ2n) is 5.50. The van der Waals surface area contributed by atoms with Gasteiger partial charge in [0.1, 0.15) is 6.61 Å². The lowest BCUT2D eigenvalue weighted by Gasteiger charge is -2.01. The van der Waals surface area contributed by atoms with Crippen LogP contribution in [0.5, 0.6) is 0 Å². The van der Waals surface area contributed by atoms with Crippen LogP contribution in [-0.4, -0.2) is 35.9 Å². The molecule has 6 nitrogen and oxygen atoms in total. The zero-order valence-electron chi connectivity index (χ0n) is 14.1. The average Bonchev–Trinajstić information content (AvgIpc) is 2.61. The Hall–Kier alpha value is -2.73. The Morgan fingerprint density at radius 1 is 1.04 bits per heavy atom. The molecule has 0 aliphatic carbocycles. The predicted octanol–water partition coefficient (Wildman–Crippen LogP) is 1.59. The van der Waals surface area contributed by atoms with E-state index in [1.165, 1.54) is 6.08 Å². The van der Waals surface area contributed by atoms with E-state index in [1.807, 2.05) is 6.08 Å². The SMILES string of the molecule is NC(=O)c1ccc(/C=C/C=C/C(=O)NCCCCCC(=O)CO)cc1. The standard InChI is InChI=1S/C19H24N2O4/c20-19(25)16-11-9-15(10-12-16)6-3-4-8-18(24)21-13-5-1-2-7-17(23)14-22/h3-4,6,8-12,22H,1-2,5,7,13-14H2,(H2,20,25)(H,21,24)/b6-3+,8-4+. The van der Waals surface area contributed by atoms with Gasteiger partial charge in [-0.15, -0.1) is 0 Å². The molecule has 0 aromatic heterocycles. The Morgan fingerprint density at radius 3 is 2.40 bits per heavy atom. The fraction of sp³-hybridized carbons (Fsp3) is 0.316. The molecule has 0 saturated carbocycles. The van der Waals surface area contributed by atoms with Crippen LogP contribution in [0.4, 0.5) is 0 Å². The number of aliphatic hydroxyl groups is 1. The summed E-state index contributed by atoms with van der Waals surface area (Å²) >= 11 is 0. The summed E-state index contributed by atoms with van der Waals surface area (Å²) in [7, 11) is 0. The van der Waals surface area contributed by atoms with Crippen molar-refractivity contribution in [1.82, 2.24) is 5.32 Å². The van der Waals surface area contributed by atoms with E-state index < -0.39 is 12.5 Å². The smallest absolute Gasteiger partial charge is 0.248 e. The molecule has 0 heterocycles. The first-order chi connectivity index (χ1) is 12.0. The third-order valence-corrected chi connectivity index (χ3v) is 3.45. The molecule has 134 valence electrons. The third-order valence-electron chi connectivity index (χ3n) is 3.45. The largest absolute Gasteiger partial charge is 0.389 e. The number of hydrogen-bond donors (Lipinski definition) is 3. The van der Waals surface area contributed by atoms with E-state index in [9.17, 15) is 14.4 Å². The molecule has 6 heteroatoms. The van der Waals surface area contributed by atoms with Crippen molar-refractivity contribution in [3.8, 4) is 0 Å². The monoisotopic (exact) mass is 344 g/mol. The molecule has 2 amide bonds. The van der Waals surface area contributed by atoms with E-state index in [0.29, 0.717) is 18.5 Å². The van der Waals surface area contributed by atoms with Crippen molar-refractivity contribution >= 4 is 23.7 Å². The number of unbranched alkanes of at least 4 members (excludes halogenated alkanes) is 2. The molecule has 0 unspecified atom stereocenters. The molecule has 25 heavy (non-hydrogen) atoms. The minimum atomic E-state index is -0.466. The Kier molecular flexibility index (Phi) is 9.55. The summed E-state index contributed by atoms with van der Waals surface area (Å²) in [6.07, 6.45) is 9.35. The van der Waals surface area contributed by atoms with Crippen molar-refractivity contribution in [2.24, 2.45) is 5.73 Å². The highest BCUT2D eigenvalue weighted by Crippen LogP contribution is 2.05. The van der Waals surface area contributed by atoms with Gasteiger partial charge in [0.05, 0.1) is 0 Å². The van der Waals surface area contributed by atoms with Crippen LogP contribution in [0.15, 0.2) is 42.5 Å². The molecule has 0 aliphatic rings. The van der Waals surface area contributed by atoms with Crippen molar-refractivity contribution in [2.45, 2.75) is 25.7 Å². The van der Waals surface area contributed by atoms with E-state index in [0.717, 1.165) is 24.8 Å². The first-order valence-electron chi connectivity index (χ1n) is 8.18. The van der Waals surface area contributed by atoms with Crippen LogP contribution in [0.2, 0.25) is 0 Å². The number of carbonyl (C=O) groups excluding carboxylic acids is 3. The summed E-state index contributed by atoms with van der Waals surface area (Å²) in [6.45, 7) is 0.152. The van der Waals surface area contributed by atoms with Gasteiger partial charge in [-0.3, -0.25) is 14.4 Å². The van der Waals surface area contributed by atoms with Crippen molar-refractivity contribution < 1.29 is 19.5 Å². The number of benzene rings is 1. The molecule has 0 radical (unpaired) electrons. The number of carbonyl (C=O) groups is 3. The maximum Gasteiger partial charge on any atom is 0.248 e. The quantitative estimate of drug-likeness (QED) is 0.322. The van der Waals surface area contributed by atoms with Crippen LogP contribution >= 0.6 is 0 Å². The lowest BCUT2D eigenvalue weighted by Crippen LogP contribution is -2.22. The second kappa shape index (κ2) is 11.8. The van der Waals surface area contributed by atoms with Gasteiger partial charge >= 0.3 is 0 Å². The van der Waals surface area contributed by atoms with Gasteiger partial charge in [0, 0.05) is 24.6 Å². The average molecular weight is 344 g/mol. The fourth-order valence-corrected chi connectivity index (χ4v) is 2.04. The summed E-state index contributed by atoms with van der Waals surface area (Å²) in [5.74, 6) is -0.796. The Bertz CT molecular complexity index is 633. The lowest BCUT2D eigenvalue weighted by atomic mass is 10.1. The normalized spacial score (nSPS) is 11.1. The van der Waals surface area contributed by atoms with Crippen LogP contribution in [-0.2, 0) is 9.59 Å². The predicted molar refractivity (Wildman–Crippen MR) is 96.7 cm³/mol. The van der Waals surface area contributed by atoms with Crippen molar-refractivity contribution in [3.05, 3.63) is 53.6 Å². The van der Waals surface area contributed by atoms with E-state index >= 15 is 0 Å². The number of aliphatic hydroxyl groups excluding tert-OH is 1. The molecule has 0 spiro atoms. The van der Waals surface area contributed by atoms with Gasteiger partial charge in [-0.25, -0.2) is 0 Å². The number of ketones is 1. The van der Waals surface area contributed by atoms with Gasteiger partial charge in [0.2, 0.25) is 11.8 Å². The highest BCUT2D eigenvalue weighted by atomic mass is 16.3. The Labute approximate surface area is 147 Å². The highest BCUT2D eigenvalue weighted by Gasteiger charge is 1.99. The molecule has 1 rings (SSSR count). The molecular weight excluding hydrogens is 320 g/mol. The molecule has 1 aromatic carbocycles. The van der Waals surface area contributed by atoms with Gasteiger partial charge in [-0.2, -0.15) is 0 Å². The molecule has 0 saturated heterocycles. The third kappa shape index (κ3) is 9.22. The topological polar surface area (TPSA) is 109 Å². The molecule has 1 aromatic rings. The summed E-state index contributed by atoms with van der Waals surface area (Å²) in [4.78, 5) is 33.4. The summed E-state index contributed by atoms with van der Waals surface area (Å²) in [5, 5.41) is 11.3. The Morgan fingerprint density at radius 2 is 1.76 bits per heavy atom. The Balaban J connectivity index is 2.21. The molecule has 0 fully saturated rings. The minimum Gasteiger partial charge on any atom is -0.389 e. The van der Waals surface area contributed by atoms with Crippen LogP contribution in [0.25, 0.3) is 6.08 Å². The number of amides is 2. The first-order valence-corrected chi connectivity index (χ1v) is 8.18. The second-order valence-corrected chi connectivity index (χ2v) is 5.50.